The number of hydrogen-bond acceptors (Lipinski definition) is 2. The lowest BCUT2D eigenvalue weighted by molar-refractivity contribution is 0.179. The second-order valence-electron chi connectivity index (χ2n) is 5.90. The van der Waals surface area contributed by atoms with Gasteiger partial charge in [-0.2, -0.15) is 0 Å². The number of unbranched alkanes of at least 4 members (excludes halogenated alkanes) is 1. The van der Waals surface area contributed by atoms with E-state index in [1.54, 1.807) is 0 Å². The minimum atomic E-state index is 0.781. The molecule has 19 heavy (non-hydrogen) atoms. The van der Waals surface area contributed by atoms with Crippen molar-refractivity contribution in [3.63, 3.8) is 0 Å². The highest BCUT2D eigenvalue weighted by atomic mass is 16.5. The maximum Gasteiger partial charge on any atom is 0.122 e. The lowest BCUT2D eigenvalue weighted by atomic mass is 9.86. The highest BCUT2D eigenvalue weighted by Crippen LogP contribution is 2.30. The van der Waals surface area contributed by atoms with Gasteiger partial charge in [0.1, 0.15) is 5.75 Å². The highest BCUT2D eigenvalue weighted by Gasteiger charge is 2.18. The van der Waals surface area contributed by atoms with E-state index >= 15 is 0 Å². The molecule has 1 aliphatic carbocycles. The molecule has 0 radical (unpaired) electrons. The maximum absolute atomic E-state index is 6.08. The molecule has 0 amide bonds. The molecular weight excluding hydrogens is 234 g/mol. The predicted molar refractivity (Wildman–Crippen MR) is 80.7 cm³/mol. The molecule has 2 heteroatoms. The fraction of sp³-hybridized carbons (Fsp3) is 0.647. The van der Waals surface area contributed by atoms with Crippen molar-refractivity contribution in [2.45, 2.75) is 52.4 Å². The summed E-state index contributed by atoms with van der Waals surface area (Å²) in [6, 6.07) is 4.51. The van der Waals surface area contributed by atoms with Gasteiger partial charge < -0.3 is 10.5 Å². The summed E-state index contributed by atoms with van der Waals surface area (Å²) >= 11 is 0. The van der Waals surface area contributed by atoms with Crippen molar-refractivity contribution < 1.29 is 4.74 Å². The van der Waals surface area contributed by atoms with Gasteiger partial charge in [-0.05, 0) is 81.2 Å². The minimum absolute atomic E-state index is 0.781. The van der Waals surface area contributed by atoms with Crippen molar-refractivity contribution in [1.82, 2.24) is 0 Å². The second-order valence-corrected chi connectivity index (χ2v) is 5.90. The maximum atomic E-state index is 6.08. The summed E-state index contributed by atoms with van der Waals surface area (Å²) in [7, 11) is 0. The molecule has 0 spiro atoms. The topological polar surface area (TPSA) is 35.2 Å². The first kappa shape index (κ1) is 14.4. The summed E-state index contributed by atoms with van der Waals surface area (Å²) in [6.07, 6.45) is 7.39. The molecule has 0 saturated heterocycles. The van der Waals surface area contributed by atoms with E-state index < -0.39 is 0 Å². The average molecular weight is 261 g/mol. The van der Waals surface area contributed by atoms with Gasteiger partial charge in [0.25, 0.3) is 0 Å². The molecule has 1 aromatic rings. The van der Waals surface area contributed by atoms with Crippen LogP contribution >= 0.6 is 0 Å². The van der Waals surface area contributed by atoms with Crippen molar-refractivity contribution in [1.29, 1.82) is 0 Å². The van der Waals surface area contributed by atoms with E-state index in [9.17, 15) is 0 Å². The van der Waals surface area contributed by atoms with Crippen LogP contribution in [0.5, 0.6) is 5.75 Å². The van der Waals surface area contributed by atoms with Gasteiger partial charge >= 0.3 is 0 Å². The molecule has 0 bridgehead atoms. The summed E-state index contributed by atoms with van der Waals surface area (Å²) in [6.45, 7) is 6.02. The van der Waals surface area contributed by atoms with Gasteiger partial charge in [0.05, 0.1) is 6.61 Å². The van der Waals surface area contributed by atoms with Crippen LogP contribution in [0.2, 0.25) is 0 Å². The van der Waals surface area contributed by atoms with Crippen LogP contribution in [0.1, 0.15) is 48.8 Å². The molecule has 0 unspecified atom stereocenters. The summed E-state index contributed by atoms with van der Waals surface area (Å²) in [4.78, 5) is 0. The number of rotatable bonds is 7. The molecule has 1 saturated carbocycles. The van der Waals surface area contributed by atoms with Crippen molar-refractivity contribution in [3.05, 3.63) is 28.8 Å². The van der Waals surface area contributed by atoms with Crippen LogP contribution in [0.25, 0.3) is 0 Å². The Morgan fingerprint density at radius 3 is 2.53 bits per heavy atom. The smallest absolute Gasteiger partial charge is 0.122 e. The molecule has 0 aromatic heterocycles. The molecule has 1 fully saturated rings. The number of nitrogens with two attached hydrogens (primary N) is 1. The van der Waals surface area contributed by atoms with Crippen molar-refractivity contribution in [3.8, 4) is 5.75 Å². The molecule has 0 atom stereocenters. The molecule has 106 valence electrons. The highest BCUT2D eigenvalue weighted by molar-refractivity contribution is 5.41. The van der Waals surface area contributed by atoms with Gasteiger partial charge in [-0.1, -0.05) is 12.5 Å². The Kier molecular flexibility index (Phi) is 5.26. The number of aryl methyl sites for hydroxylation is 3. The summed E-state index contributed by atoms with van der Waals surface area (Å²) < 4.78 is 6.08. The number of benzene rings is 1. The quantitative estimate of drug-likeness (QED) is 0.758. The Bertz CT molecular complexity index is 410. The fourth-order valence-corrected chi connectivity index (χ4v) is 2.51. The first-order chi connectivity index (χ1) is 9.20. The van der Waals surface area contributed by atoms with Gasteiger partial charge in [0, 0.05) is 0 Å². The fourth-order valence-electron chi connectivity index (χ4n) is 2.51. The number of hydrogen-bond donors (Lipinski definition) is 1. The second kappa shape index (κ2) is 6.95. The summed E-state index contributed by atoms with van der Waals surface area (Å²) in [5.41, 5.74) is 9.62. The van der Waals surface area contributed by atoms with Gasteiger partial charge in [-0.25, -0.2) is 0 Å². The van der Waals surface area contributed by atoms with Crippen LogP contribution in [0.4, 0.5) is 0 Å². The first-order valence-electron chi connectivity index (χ1n) is 7.63. The van der Waals surface area contributed by atoms with Crippen molar-refractivity contribution in [2.24, 2.45) is 11.7 Å². The Morgan fingerprint density at radius 1 is 1.16 bits per heavy atom. The standard InChI is InChI=1S/C17H27NO/c1-13-10-16(8-3-4-9-18)17(11-14(13)2)19-12-15-6-5-7-15/h10-11,15H,3-9,12,18H2,1-2H3. The third-order valence-corrected chi connectivity index (χ3v) is 4.28. The molecule has 2 rings (SSSR count). The van der Waals surface area contributed by atoms with E-state index in [2.05, 4.69) is 26.0 Å². The molecule has 0 heterocycles. The number of ether oxygens (including phenoxy) is 1. The van der Waals surface area contributed by atoms with Crippen LogP contribution < -0.4 is 10.5 Å². The average Bonchev–Trinajstić information content (AvgIpc) is 2.33. The van der Waals surface area contributed by atoms with Crippen LogP contribution in [0, 0.1) is 19.8 Å². The van der Waals surface area contributed by atoms with E-state index in [0.29, 0.717) is 0 Å². The van der Waals surface area contributed by atoms with Crippen LogP contribution in [-0.4, -0.2) is 13.2 Å². The third kappa shape index (κ3) is 3.97. The monoisotopic (exact) mass is 261 g/mol. The van der Waals surface area contributed by atoms with E-state index in [4.69, 9.17) is 10.5 Å². The summed E-state index contributed by atoms with van der Waals surface area (Å²) in [5.74, 6) is 1.89. The Morgan fingerprint density at radius 2 is 1.89 bits per heavy atom. The zero-order valence-corrected chi connectivity index (χ0v) is 12.4. The Labute approximate surface area is 117 Å². The van der Waals surface area contributed by atoms with Crippen molar-refractivity contribution in [2.75, 3.05) is 13.2 Å². The van der Waals surface area contributed by atoms with Gasteiger partial charge in [-0.3, -0.25) is 0 Å². The molecule has 2 N–H and O–H groups in total. The third-order valence-electron chi connectivity index (χ3n) is 4.28. The zero-order chi connectivity index (χ0) is 13.7. The van der Waals surface area contributed by atoms with E-state index in [1.807, 2.05) is 0 Å². The van der Waals surface area contributed by atoms with E-state index in [1.165, 1.54) is 36.0 Å². The van der Waals surface area contributed by atoms with Crippen LogP contribution in [0.15, 0.2) is 12.1 Å². The first-order valence-corrected chi connectivity index (χ1v) is 7.63. The van der Waals surface area contributed by atoms with E-state index in [-0.39, 0.29) is 0 Å². The minimum Gasteiger partial charge on any atom is -0.493 e. The lowest BCUT2D eigenvalue weighted by Gasteiger charge is -2.26. The normalized spacial score (nSPS) is 15.3. The van der Waals surface area contributed by atoms with Gasteiger partial charge in [-0.15, -0.1) is 0 Å². The molecular formula is C17H27NO. The SMILES string of the molecule is Cc1cc(CCCCN)c(OCC2CCC2)cc1C. The van der Waals surface area contributed by atoms with Crippen LogP contribution in [0.3, 0.4) is 0 Å². The van der Waals surface area contributed by atoms with Crippen LogP contribution in [-0.2, 0) is 6.42 Å². The lowest BCUT2D eigenvalue weighted by Crippen LogP contribution is -2.19. The van der Waals surface area contributed by atoms with Crippen molar-refractivity contribution >= 4 is 0 Å². The zero-order valence-electron chi connectivity index (χ0n) is 12.4. The molecule has 2 nitrogen and oxygen atoms in total. The molecule has 0 aliphatic heterocycles. The van der Waals surface area contributed by atoms with Gasteiger partial charge in [0.15, 0.2) is 0 Å². The largest absolute Gasteiger partial charge is 0.493 e. The summed E-state index contributed by atoms with van der Waals surface area (Å²) in [5, 5.41) is 0. The molecule has 1 aromatic carbocycles. The van der Waals surface area contributed by atoms with E-state index in [0.717, 1.165) is 44.1 Å². The Balaban J connectivity index is 2.01. The molecule has 1 aliphatic rings. The predicted octanol–water partition coefficient (Wildman–Crippen LogP) is 3.76. The van der Waals surface area contributed by atoms with Gasteiger partial charge in [0.2, 0.25) is 0 Å². The Hall–Kier alpha value is -1.02.